The van der Waals surface area contributed by atoms with Crippen molar-refractivity contribution in [2.45, 2.75) is 12.8 Å². The molecular weight excluding hydrogens is 282 g/mol. The molecule has 0 unspecified atom stereocenters. The van der Waals surface area contributed by atoms with Crippen LogP contribution in [0.2, 0.25) is 0 Å². The van der Waals surface area contributed by atoms with Crippen LogP contribution in [0, 0.1) is 15.3 Å². The van der Waals surface area contributed by atoms with Gasteiger partial charge in [0.05, 0.1) is 11.5 Å². The Morgan fingerprint density at radius 1 is 1.23 bits per heavy atom. The van der Waals surface area contributed by atoms with Gasteiger partial charge in [0.1, 0.15) is 0 Å². The van der Waals surface area contributed by atoms with E-state index in [4.69, 9.17) is 20.4 Å². The Bertz CT molecular complexity index is 163. The summed E-state index contributed by atoms with van der Waals surface area (Å²) in [5, 5.41) is 32.2. The second-order valence-electron chi connectivity index (χ2n) is 1.49. The average molecular weight is 287 g/mol. The molecule has 8 nitrogen and oxygen atoms in total. The van der Waals surface area contributed by atoms with Crippen molar-refractivity contribution in [2.75, 3.05) is 0 Å². The summed E-state index contributed by atoms with van der Waals surface area (Å²) in [6.07, 6.45) is -0.766. The van der Waals surface area contributed by atoms with Crippen LogP contribution in [0.3, 0.4) is 0 Å². The first-order valence-electron chi connectivity index (χ1n) is 2.59. The summed E-state index contributed by atoms with van der Waals surface area (Å²) >= 11 is 0. The maximum absolute atomic E-state index is 9.61. The number of hydrogen-bond acceptors (Lipinski definition) is 6. The summed E-state index contributed by atoms with van der Waals surface area (Å²) in [7, 11) is 0. The van der Waals surface area contributed by atoms with Gasteiger partial charge in [0, 0.05) is 28.3 Å². The third kappa shape index (κ3) is 57.0. The zero-order chi connectivity index (χ0) is 10.1. The number of aliphatic carboxylic acids is 2. The third-order valence-electron chi connectivity index (χ3n) is 0.543. The Labute approximate surface area is 87.8 Å². The van der Waals surface area contributed by atoms with Crippen LogP contribution in [0.1, 0.15) is 12.8 Å². The van der Waals surface area contributed by atoms with Gasteiger partial charge in [0.25, 0.3) is 0 Å². The van der Waals surface area contributed by atoms with E-state index in [9.17, 15) is 14.7 Å². The molecule has 0 saturated carbocycles. The van der Waals surface area contributed by atoms with Crippen molar-refractivity contribution in [3.63, 3.8) is 0 Å². The fourth-order valence-corrected chi connectivity index (χ4v) is 0.209. The Balaban J connectivity index is -0.000000173. The van der Waals surface area contributed by atoms with E-state index in [1.807, 2.05) is 0 Å². The molecule has 0 saturated heterocycles. The van der Waals surface area contributed by atoms with Crippen LogP contribution in [0.25, 0.3) is 0 Å². The molecule has 0 spiro atoms. The molecule has 81 valence electrons. The van der Waals surface area contributed by atoms with E-state index in [1.54, 1.807) is 0 Å². The van der Waals surface area contributed by atoms with Crippen molar-refractivity contribution in [2.24, 2.45) is 0 Å². The molecule has 0 rings (SSSR count). The smallest absolute Gasteiger partial charge is 0.303 e. The monoisotopic (exact) mass is 286 g/mol. The van der Waals surface area contributed by atoms with Gasteiger partial charge >= 0.3 is 5.97 Å². The molecule has 0 aliphatic carbocycles. The van der Waals surface area contributed by atoms with Gasteiger partial charge in [-0.2, -0.15) is 0 Å². The molecule has 0 atom stereocenters. The van der Waals surface area contributed by atoms with Crippen molar-refractivity contribution >= 4 is 11.9 Å². The molecule has 0 heterocycles. The molecule has 0 aliphatic heterocycles. The van der Waals surface area contributed by atoms with Crippen LogP contribution in [0.5, 0.6) is 0 Å². The first-order valence-corrected chi connectivity index (χ1v) is 2.59. The summed E-state index contributed by atoms with van der Waals surface area (Å²) in [4.78, 5) is 27.4. The number of rotatable bonds is 3. The zero-order valence-electron chi connectivity index (χ0n) is 6.06. The molecule has 0 aromatic carbocycles. The summed E-state index contributed by atoms with van der Waals surface area (Å²) in [6, 6.07) is 0. The van der Waals surface area contributed by atoms with Crippen molar-refractivity contribution in [3.05, 3.63) is 15.3 Å². The van der Waals surface area contributed by atoms with Crippen LogP contribution < -0.4 is 5.11 Å². The number of carbonyl (C=O) groups excluding carboxylic acids is 1. The van der Waals surface area contributed by atoms with Gasteiger partial charge in [0.15, 0.2) is 0 Å². The normalized spacial score (nSPS) is 7.08. The van der Waals surface area contributed by atoms with Crippen LogP contribution in [-0.4, -0.2) is 22.1 Å². The first-order chi connectivity index (χ1) is 5.36. The number of carbonyl (C=O) groups is 2. The third-order valence-corrected chi connectivity index (χ3v) is 0.543. The van der Waals surface area contributed by atoms with Crippen LogP contribution >= 0.6 is 0 Å². The maximum Gasteiger partial charge on any atom is 0.303 e. The van der Waals surface area contributed by atoms with E-state index in [0.29, 0.717) is 0 Å². The standard InChI is InChI=1S/C4H6O4.Ag.NO3/c5-3(6)1-2-4(7)8;;2-1(3)4/h1-2H2,(H,5,6)(H,7,8);;/q;;-1/p-1. The van der Waals surface area contributed by atoms with Gasteiger partial charge in [-0.15, -0.1) is 0 Å². The van der Waals surface area contributed by atoms with Crippen molar-refractivity contribution in [1.29, 1.82) is 0 Å². The number of carboxylic acids is 2. The topological polar surface area (TPSA) is 144 Å². The Kier molecular flexibility index (Phi) is 14.9. The minimum Gasteiger partial charge on any atom is -0.550 e. The molecule has 1 radical (unpaired) electrons. The van der Waals surface area contributed by atoms with Gasteiger partial charge in [0.2, 0.25) is 0 Å². The van der Waals surface area contributed by atoms with E-state index < -0.39 is 23.4 Å². The molecular formula is C4H5AgNO7-2. The molecule has 0 amide bonds. The zero-order valence-corrected chi connectivity index (χ0v) is 7.54. The van der Waals surface area contributed by atoms with Gasteiger partial charge < -0.3 is 30.3 Å². The van der Waals surface area contributed by atoms with E-state index in [1.165, 1.54) is 0 Å². The Morgan fingerprint density at radius 3 is 1.62 bits per heavy atom. The number of nitrogens with zero attached hydrogens (tertiary/aromatic N) is 1. The van der Waals surface area contributed by atoms with E-state index >= 15 is 0 Å². The Hall–Kier alpha value is -1.12. The van der Waals surface area contributed by atoms with E-state index in [-0.39, 0.29) is 28.8 Å². The molecule has 1 N–H and O–H groups in total. The minimum atomic E-state index is -1.75. The summed E-state index contributed by atoms with van der Waals surface area (Å²) < 4.78 is 0. The molecule has 0 aromatic rings. The minimum absolute atomic E-state index is 0. The van der Waals surface area contributed by atoms with Crippen LogP contribution in [-0.2, 0) is 32.0 Å². The quantitative estimate of drug-likeness (QED) is 0.372. The molecule has 13 heavy (non-hydrogen) atoms. The first kappa shape index (κ1) is 17.8. The molecule has 0 aromatic heterocycles. The number of carboxylic acid groups (broad SMARTS) is 2. The SMILES string of the molecule is O=C([O-])CCC(=O)O.O=[N+]([O-])[O-].[Ag]. The van der Waals surface area contributed by atoms with Crippen LogP contribution in [0.4, 0.5) is 0 Å². The molecule has 9 heteroatoms. The predicted octanol–water partition coefficient (Wildman–Crippen LogP) is -1.64. The van der Waals surface area contributed by atoms with Gasteiger partial charge in [-0.25, -0.2) is 0 Å². The molecule has 0 fully saturated rings. The summed E-state index contributed by atoms with van der Waals surface area (Å²) in [5.74, 6) is -2.44. The fourth-order valence-electron chi connectivity index (χ4n) is 0.209. The summed E-state index contributed by atoms with van der Waals surface area (Å²) in [6.45, 7) is 0. The second-order valence-corrected chi connectivity index (χ2v) is 1.49. The van der Waals surface area contributed by atoms with Gasteiger partial charge in [-0.1, -0.05) is 0 Å². The van der Waals surface area contributed by atoms with Crippen molar-refractivity contribution < 1.29 is 47.3 Å². The second kappa shape index (κ2) is 10.9. The predicted molar refractivity (Wildman–Crippen MR) is 32.2 cm³/mol. The Morgan fingerprint density at radius 2 is 1.54 bits per heavy atom. The van der Waals surface area contributed by atoms with Gasteiger partial charge in [-0.05, 0) is 6.42 Å². The van der Waals surface area contributed by atoms with Gasteiger partial charge in [-0.3, -0.25) is 4.79 Å². The average Bonchev–Trinajstić information content (AvgIpc) is 1.82. The van der Waals surface area contributed by atoms with Crippen molar-refractivity contribution in [3.8, 4) is 0 Å². The molecule has 0 aliphatic rings. The van der Waals surface area contributed by atoms with Crippen molar-refractivity contribution in [1.82, 2.24) is 0 Å². The largest absolute Gasteiger partial charge is 0.550 e. The summed E-state index contributed by atoms with van der Waals surface area (Å²) in [5.41, 5.74) is 0. The number of hydrogen-bond donors (Lipinski definition) is 1. The van der Waals surface area contributed by atoms with E-state index in [0.717, 1.165) is 0 Å². The fraction of sp³-hybridized carbons (Fsp3) is 0.500. The van der Waals surface area contributed by atoms with Crippen LogP contribution in [0.15, 0.2) is 0 Å². The molecule has 0 bridgehead atoms. The maximum atomic E-state index is 9.61. The van der Waals surface area contributed by atoms with E-state index in [2.05, 4.69) is 0 Å².